The molecule has 9 heteroatoms. The van der Waals surface area contributed by atoms with Crippen LogP contribution in [0.15, 0.2) is 0 Å². The van der Waals surface area contributed by atoms with E-state index in [-0.39, 0.29) is 0 Å². The zero-order valence-electron chi connectivity index (χ0n) is 10.5. The van der Waals surface area contributed by atoms with Crippen LogP contribution >= 0.6 is 41.5 Å². The highest BCUT2D eigenvalue weighted by atomic mass is 32.9. The van der Waals surface area contributed by atoms with Gasteiger partial charge >= 0.3 is 0 Å². The Kier molecular flexibility index (Phi) is 14.0. The van der Waals surface area contributed by atoms with Gasteiger partial charge in [-0.2, -0.15) is 34.0 Å². The van der Waals surface area contributed by atoms with Crippen molar-refractivity contribution in [1.82, 2.24) is 0 Å². The molecule has 0 aliphatic heterocycles. The third kappa shape index (κ3) is 14.8. The quantitative estimate of drug-likeness (QED) is 0.326. The number of rotatable bonds is 12. The largest absolute Gasteiger partial charge is 0.321 e. The van der Waals surface area contributed by atoms with Crippen LogP contribution in [0.2, 0.25) is 0 Å². The lowest BCUT2D eigenvalue weighted by atomic mass is 10.6. The second kappa shape index (κ2) is 13.6. The first-order valence-electron chi connectivity index (χ1n) is 5.63. The molecule has 0 heterocycles. The molecule has 0 aliphatic carbocycles. The number of nitrogens with zero attached hydrogens (tertiary/aromatic N) is 2. The van der Waals surface area contributed by atoms with E-state index in [0.29, 0.717) is 26.1 Å². The highest BCUT2D eigenvalue weighted by molar-refractivity contribution is 8.60. The van der Waals surface area contributed by atoms with Crippen molar-refractivity contribution < 1.29 is 9.05 Å². The van der Waals surface area contributed by atoms with Gasteiger partial charge in [-0.25, -0.2) is 0 Å². The lowest BCUT2D eigenvalue weighted by Gasteiger charge is -2.16. The van der Waals surface area contributed by atoms with Crippen molar-refractivity contribution in [2.24, 2.45) is 0 Å². The molecule has 0 spiro atoms. The first-order chi connectivity index (χ1) is 9.12. The molecule has 0 fully saturated rings. The van der Waals surface area contributed by atoms with Crippen LogP contribution in [0.5, 0.6) is 0 Å². The van der Waals surface area contributed by atoms with Crippen LogP contribution in [0.3, 0.4) is 0 Å². The van der Waals surface area contributed by atoms with Gasteiger partial charge in [-0.15, -0.1) is 0 Å². The predicted molar refractivity (Wildman–Crippen MR) is 90.3 cm³/mol. The summed E-state index contributed by atoms with van der Waals surface area (Å²) in [5, 5.41) is 16.7. The third-order valence-corrected chi connectivity index (χ3v) is 5.92. The van der Waals surface area contributed by atoms with E-state index in [4.69, 9.17) is 31.4 Å². The summed E-state index contributed by atoms with van der Waals surface area (Å²) in [6.45, 7) is 0.997. The molecular formula is C10H17N2O2PS4. The number of thioether (sulfide) groups is 2. The molecule has 4 nitrogen and oxygen atoms in total. The molecule has 0 radical (unpaired) electrons. The van der Waals surface area contributed by atoms with E-state index >= 15 is 0 Å². The minimum atomic E-state index is -2.43. The smallest absolute Gasteiger partial charge is 0.244 e. The molecule has 0 aromatic rings. The summed E-state index contributed by atoms with van der Waals surface area (Å²) < 4.78 is 10.9. The normalized spacial score (nSPS) is 10.9. The number of thiol groups is 1. The van der Waals surface area contributed by atoms with Crippen molar-refractivity contribution in [3.8, 4) is 12.1 Å². The van der Waals surface area contributed by atoms with Gasteiger partial charge in [-0.3, -0.25) is 0 Å². The van der Waals surface area contributed by atoms with Gasteiger partial charge in [0.2, 0.25) is 5.69 Å². The molecule has 0 aliphatic rings. The van der Waals surface area contributed by atoms with Crippen LogP contribution in [0.1, 0.15) is 12.8 Å². The predicted octanol–water partition coefficient (Wildman–Crippen LogP) is 3.47. The molecule has 0 saturated heterocycles. The second-order valence-corrected chi connectivity index (χ2v) is 10.9. The molecule has 19 heavy (non-hydrogen) atoms. The molecule has 0 amide bonds. The Hall–Kier alpha value is 0.600. The van der Waals surface area contributed by atoms with Crippen LogP contribution < -0.4 is 0 Å². The highest BCUT2D eigenvalue weighted by Gasteiger charge is 2.12. The van der Waals surface area contributed by atoms with Gasteiger partial charge in [-0.05, 0) is 11.8 Å². The molecule has 0 bridgehead atoms. The summed E-state index contributed by atoms with van der Waals surface area (Å²) >= 11 is 12.7. The molecule has 0 N–H and O–H groups in total. The SMILES string of the molecule is N#CCCSCCOP(=S)(S)OCCSCCC#N. The van der Waals surface area contributed by atoms with Crippen LogP contribution in [0.25, 0.3) is 0 Å². The monoisotopic (exact) mass is 356 g/mol. The molecular weight excluding hydrogens is 339 g/mol. The van der Waals surface area contributed by atoms with E-state index < -0.39 is 5.69 Å². The lowest BCUT2D eigenvalue weighted by molar-refractivity contribution is 0.284. The summed E-state index contributed by atoms with van der Waals surface area (Å²) in [5.41, 5.74) is -2.43. The Balaban J connectivity index is 3.45. The Morgan fingerprint density at radius 2 is 1.37 bits per heavy atom. The maximum atomic E-state index is 8.37. The van der Waals surface area contributed by atoms with Crippen LogP contribution in [-0.4, -0.2) is 36.2 Å². The molecule has 0 atom stereocenters. The highest BCUT2D eigenvalue weighted by Crippen LogP contribution is 2.53. The van der Waals surface area contributed by atoms with Gasteiger partial charge in [0, 0.05) is 35.9 Å². The van der Waals surface area contributed by atoms with Crippen molar-refractivity contribution >= 4 is 53.3 Å². The maximum Gasteiger partial charge on any atom is 0.244 e. The molecule has 0 unspecified atom stereocenters. The maximum absolute atomic E-state index is 8.37. The molecule has 0 aromatic carbocycles. The van der Waals surface area contributed by atoms with Gasteiger partial charge in [0.1, 0.15) is 0 Å². The van der Waals surface area contributed by atoms with E-state index in [1.165, 1.54) is 0 Å². The van der Waals surface area contributed by atoms with Crippen molar-refractivity contribution in [2.75, 3.05) is 36.2 Å². The van der Waals surface area contributed by atoms with Gasteiger partial charge in [0.05, 0.1) is 25.4 Å². The fraction of sp³-hybridized carbons (Fsp3) is 0.800. The third-order valence-electron chi connectivity index (χ3n) is 1.68. The first kappa shape index (κ1) is 19.6. The number of nitriles is 2. The average Bonchev–Trinajstić information content (AvgIpc) is 2.38. The zero-order chi connectivity index (χ0) is 14.4. The minimum Gasteiger partial charge on any atom is -0.321 e. The van der Waals surface area contributed by atoms with Gasteiger partial charge < -0.3 is 9.05 Å². The Bertz CT molecular complexity index is 326. The van der Waals surface area contributed by atoms with Gasteiger partial charge in [0.15, 0.2) is 0 Å². The van der Waals surface area contributed by atoms with Crippen LogP contribution in [0, 0.1) is 22.7 Å². The van der Waals surface area contributed by atoms with E-state index in [1.54, 1.807) is 23.5 Å². The zero-order valence-corrected chi connectivity index (χ0v) is 14.7. The van der Waals surface area contributed by atoms with Crippen molar-refractivity contribution in [1.29, 1.82) is 10.5 Å². The number of hydrogen-bond donors (Lipinski definition) is 1. The molecule has 0 rings (SSSR count). The summed E-state index contributed by atoms with van der Waals surface area (Å²) in [7, 11) is 0. The summed E-state index contributed by atoms with van der Waals surface area (Å²) in [6.07, 6.45) is 1.10. The van der Waals surface area contributed by atoms with Crippen LogP contribution in [0.4, 0.5) is 0 Å². The summed E-state index contributed by atoms with van der Waals surface area (Å²) in [4.78, 5) is 0. The standard InChI is InChI=1S/C10H17N2O2PS4/c11-3-1-7-18-9-5-13-15(16,17)14-6-10-19-8-2-4-12/h1-2,5-10H2,(H,16,17). The Morgan fingerprint density at radius 1 is 0.947 bits per heavy atom. The van der Waals surface area contributed by atoms with E-state index in [0.717, 1.165) is 23.0 Å². The molecule has 0 saturated carbocycles. The topological polar surface area (TPSA) is 66.0 Å². The fourth-order valence-corrected chi connectivity index (χ4v) is 4.08. The van der Waals surface area contributed by atoms with Gasteiger partial charge in [0.25, 0.3) is 0 Å². The van der Waals surface area contributed by atoms with Gasteiger partial charge in [-0.1, -0.05) is 12.2 Å². The molecule has 108 valence electrons. The Morgan fingerprint density at radius 3 is 1.74 bits per heavy atom. The summed E-state index contributed by atoms with van der Waals surface area (Å²) in [6, 6.07) is 4.17. The second-order valence-electron chi connectivity index (χ2n) is 3.18. The first-order valence-corrected chi connectivity index (χ1v) is 11.7. The van der Waals surface area contributed by atoms with Crippen molar-refractivity contribution in [2.45, 2.75) is 12.8 Å². The van der Waals surface area contributed by atoms with Crippen molar-refractivity contribution in [3.63, 3.8) is 0 Å². The van der Waals surface area contributed by atoms with E-state index in [9.17, 15) is 0 Å². The Labute approximate surface area is 133 Å². The minimum absolute atomic E-state index is 0.498. The van der Waals surface area contributed by atoms with E-state index in [2.05, 4.69) is 24.4 Å². The van der Waals surface area contributed by atoms with E-state index in [1.807, 2.05) is 0 Å². The average molecular weight is 357 g/mol. The van der Waals surface area contributed by atoms with Crippen LogP contribution in [-0.2, 0) is 20.9 Å². The lowest BCUT2D eigenvalue weighted by Crippen LogP contribution is -1.99. The molecule has 0 aromatic heterocycles. The van der Waals surface area contributed by atoms with Crippen molar-refractivity contribution in [3.05, 3.63) is 0 Å². The fourth-order valence-electron chi connectivity index (χ4n) is 0.900. The number of hydrogen-bond acceptors (Lipinski definition) is 7. The summed E-state index contributed by atoms with van der Waals surface area (Å²) in [5.74, 6) is 3.21.